The molecule has 0 unspecified atom stereocenters. The number of rotatable bonds is 5. The van der Waals surface area contributed by atoms with Crippen LogP contribution >= 0.6 is 0 Å². The van der Waals surface area contributed by atoms with E-state index >= 15 is 0 Å². The lowest BCUT2D eigenvalue weighted by Gasteiger charge is -2.10. The molecule has 0 aliphatic carbocycles. The number of hydrogen-bond acceptors (Lipinski definition) is 7. The summed E-state index contributed by atoms with van der Waals surface area (Å²) in [5.74, 6) is 0.291. The molecule has 0 saturated carbocycles. The summed E-state index contributed by atoms with van der Waals surface area (Å²) in [6, 6.07) is 8.21. The molecule has 4 aromatic rings. The van der Waals surface area contributed by atoms with Crippen LogP contribution in [0.4, 0.5) is 13.2 Å². The zero-order valence-electron chi connectivity index (χ0n) is 15.0. The van der Waals surface area contributed by atoms with E-state index in [-0.39, 0.29) is 29.8 Å². The van der Waals surface area contributed by atoms with Crippen LogP contribution in [0.1, 0.15) is 11.3 Å². The van der Waals surface area contributed by atoms with Crippen LogP contribution in [-0.4, -0.2) is 37.3 Å². The molecule has 11 heteroatoms. The molecule has 0 N–H and O–H groups in total. The Bertz CT molecular complexity index is 1120. The Hall–Kier alpha value is -3.60. The van der Waals surface area contributed by atoms with E-state index in [4.69, 9.17) is 9.15 Å². The molecule has 29 heavy (non-hydrogen) atoms. The molecule has 0 aliphatic rings. The minimum Gasteiger partial charge on any atom is -0.414 e. The maximum absolute atomic E-state index is 13.1. The van der Waals surface area contributed by atoms with Crippen LogP contribution in [0, 0.1) is 0 Å². The van der Waals surface area contributed by atoms with Crippen molar-refractivity contribution >= 4 is 0 Å². The average molecular weight is 402 g/mol. The molecular formula is C18H13F3N6O2. The lowest BCUT2D eigenvalue weighted by molar-refractivity contribution is -0.137. The van der Waals surface area contributed by atoms with Crippen molar-refractivity contribution in [2.75, 3.05) is 7.11 Å². The normalized spacial score (nSPS) is 11.7. The number of benzene rings is 1. The van der Waals surface area contributed by atoms with Crippen LogP contribution in [-0.2, 0) is 17.5 Å². The molecular weight excluding hydrogens is 389 g/mol. The first kappa shape index (κ1) is 18.7. The SMILES string of the molecule is COCc1c(-c2nnc(-c3cccnc3)o2)nnn1-c1cccc(C(F)(F)F)c1. The number of alkyl halides is 3. The maximum atomic E-state index is 13.1. The summed E-state index contributed by atoms with van der Waals surface area (Å²) in [6.45, 7) is 0.0170. The summed E-state index contributed by atoms with van der Waals surface area (Å²) in [7, 11) is 1.45. The quantitative estimate of drug-likeness (QED) is 0.504. The van der Waals surface area contributed by atoms with Gasteiger partial charge in [0.05, 0.1) is 23.4 Å². The summed E-state index contributed by atoms with van der Waals surface area (Å²) < 4.78 is 51.3. The van der Waals surface area contributed by atoms with Crippen molar-refractivity contribution in [3.8, 4) is 28.7 Å². The molecule has 1 aromatic carbocycles. The van der Waals surface area contributed by atoms with Crippen molar-refractivity contribution in [3.63, 3.8) is 0 Å². The van der Waals surface area contributed by atoms with Gasteiger partial charge in [-0.15, -0.1) is 15.3 Å². The van der Waals surface area contributed by atoms with Crippen LogP contribution in [0.3, 0.4) is 0 Å². The second-order valence-electron chi connectivity index (χ2n) is 5.93. The van der Waals surface area contributed by atoms with Gasteiger partial charge in [0.25, 0.3) is 5.89 Å². The Morgan fingerprint density at radius 2 is 1.90 bits per heavy atom. The van der Waals surface area contributed by atoms with E-state index in [1.165, 1.54) is 23.9 Å². The van der Waals surface area contributed by atoms with Gasteiger partial charge in [-0.1, -0.05) is 11.3 Å². The first-order chi connectivity index (χ1) is 14.0. The third-order valence-electron chi connectivity index (χ3n) is 4.00. The molecule has 4 rings (SSSR count). The fourth-order valence-electron chi connectivity index (χ4n) is 2.68. The molecule has 3 aromatic heterocycles. The van der Waals surface area contributed by atoms with Gasteiger partial charge in [0.15, 0.2) is 5.69 Å². The zero-order chi connectivity index (χ0) is 20.4. The van der Waals surface area contributed by atoms with E-state index in [1.807, 2.05) is 0 Å². The number of ether oxygens (including phenoxy) is 1. The van der Waals surface area contributed by atoms with Gasteiger partial charge < -0.3 is 9.15 Å². The molecule has 0 radical (unpaired) electrons. The largest absolute Gasteiger partial charge is 0.416 e. The molecule has 148 valence electrons. The monoisotopic (exact) mass is 402 g/mol. The Balaban J connectivity index is 1.76. The number of halogens is 3. The summed E-state index contributed by atoms with van der Waals surface area (Å²) in [5, 5.41) is 15.9. The van der Waals surface area contributed by atoms with Crippen molar-refractivity contribution in [2.45, 2.75) is 12.8 Å². The summed E-state index contributed by atoms with van der Waals surface area (Å²) in [6.07, 6.45) is -1.31. The first-order valence-corrected chi connectivity index (χ1v) is 8.33. The number of aromatic nitrogens is 6. The minimum atomic E-state index is -4.48. The highest BCUT2D eigenvalue weighted by molar-refractivity contribution is 5.56. The van der Waals surface area contributed by atoms with Gasteiger partial charge in [-0.25, -0.2) is 4.68 Å². The van der Waals surface area contributed by atoms with Crippen LogP contribution in [0.15, 0.2) is 53.2 Å². The molecule has 3 heterocycles. The molecule has 0 atom stereocenters. The zero-order valence-corrected chi connectivity index (χ0v) is 15.0. The van der Waals surface area contributed by atoms with E-state index in [9.17, 15) is 13.2 Å². The second-order valence-corrected chi connectivity index (χ2v) is 5.93. The van der Waals surface area contributed by atoms with E-state index < -0.39 is 11.7 Å². The molecule has 0 bridgehead atoms. The fraction of sp³-hybridized carbons (Fsp3) is 0.167. The summed E-state index contributed by atoms with van der Waals surface area (Å²) in [4.78, 5) is 3.99. The van der Waals surface area contributed by atoms with E-state index in [0.29, 0.717) is 11.3 Å². The topological polar surface area (TPSA) is 91.8 Å². The molecule has 0 fully saturated rings. The Morgan fingerprint density at radius 3 is 2.62 bits per heavy atom. The molecule has 0 aliphatic heterocycles. The fourth-order valence-corrected chi connectivity index (χ4v) is 2.68. The van der Waals surface area contributed by atoms with E-state index in [2.05, 4.69) is 25.5 Å². The van der Waals surface area contributed by atoms with Gasteiger partial charge in [-0.3, -0.25) is 4.98 Å². The number of nitrogens with zero attached hydrogens (tertiary/aromatic N) is 6. The highest BCUT2D eigenvalue weighted by Gasteiger charge is 2.31. The first-order valence-electron chi connectivity index (χ1n) is 8.33. The van der Waals surface area contributed by atoms with Crippen LogP contribution in [0.2, 0.25) is 0 Å². The van der Waals surface area contributed by atoms with Gasteiger partial charge >= 0.3 is 6.18 Å². The number of methoxy groups -OCH3 is 1. The second kappa shape index (κ2) is 7.43. The molecule has 0 amide bonds. The standard InChI is InChI=1S/C18H13F3N6O2/c1-28-10-14-15(17-25-24-16(29-17)11-4-3-7-22-9-11)23-26-27(14)13-6-2-5-12(8-13)18(19,20)21/h2-9H,10H2,1H3. The molecule has 0 spiro atoms. The van der Waals surface area contributed by atoms with Gasteiger partial charge in [0.2, 0.25) is 5.89 Å². The van der Waals surface area contributed by atoms with Crippen LogP contribution in [0.25, 0.3) is 28.7 Å². The Labute approximate surface area is 162 Å². The third-order valence-corrected chi connectivity index (χ3v) is 4.00. The number of hydrogen-bond donors (Lipinski definition) is 0. The molecule has 8 nitrogen and oxygen atoms in total. The predicted octanol–water partition coefficient (Wildman–Crippen LogP) is 3.54. The van der Waals surface area contributed by atoms with Gasteiger partial charge in [0.1, 0.15) is 5.69 Å². The smallest absolute Gasteiger partial charge is 0.414 e. The minimum absolute atomic E-state index is 0.0170. The predicted molar refractivity (Wildman–Crippen MR) is 93.6 cm³/mol. The highest BCUT2D eigenvalue weighted by atomic mass is 19.4. The Kier molecular flexibility index (Phi) is 4.80. The summed E-state index contributed by atoms with van der Waals surface area (Å²) in [5.41, 5.74) is 0.578. The molecule has 0 saturated heterocycles. The van der Waals surface area contributed by atoms with Gasteiger partial charge in [-0.05, 0) is 30.3 Å². The van der Waals surface area contributed by atoms with Crippen molar-refractivity contribution in [1.82, 2.24) is 30.2 Å². The van der Waals surface area contributed by atoms with E-state index in [0.717, 1.165) is 12.1 Å². The third kappa shape index (κ3) is 3.72. The Morgan fingerprint density at radius 1 is 1.07 bits per heavy atom. The lowest BCUT2D eigenvalue weighted by atomic mass is 10.2. The van der Waals surface area contributed by atoms with Crippen molar-refractivity contribution < 1.29 is 22.3 Å². The average Bonchev–Trinajstić information content (AvgIpc) is 3.36. The lowest BCUT2D eigenvalue weighted by Crippen LogP contribution is -2.08. The number of pyridine rings is 1. The van der Waals surface area contributed by atoms with E-state index in [1.54, 1.807) is 24.5 Å². The highest BCUT2D eigenvalue weighted by Crippen LogP contribution is 2.31. The van der Waals surface area contributed by atoms with Crippen molar-refractivity contribution in [3.05, 3.63) is 60.0 Å². The van der Waals surface area contributed by atoms with Crippen LogP contribution < -0.4 is 0 Å². The van der Waals surface area contributed by atoms with Crippen molar-refractivity contribution in [1.29, 1.82) is 0 Å². The van der Waals surface area contributed by atoms with Gasteiger partial charge in [0, 0.05) is 19.5 Å². The van der Waals surface area contributed by atoms with Crippen LogP contribution in [0.5, 0.6) is 0 Å². The van der Waals surface area contributed by atoms with Gasteiger partial charge in [-0.2, -0.15) is 13.2 Å². The van der Waals surface area contributed by atoms with Crippen molar-refractivity contribution in [2.24, 2.45) is 0 Å². The maximum Gasteiger partial charge on any atom is 0.416 e. The summed E-state index contributed by atoms with van der Waals surface area (Å²) >= 11 is 0.